The van der Waals surface area contributed by atoms with Gasteiger partial charge in [-0.3, -0.25) is 9.69 Å². The van der Waals surface area contributed by atoms with Crippen molar-refractivity contribution in [3.63, 3.8) is 0 Å². The summed E-state index contributed by atoms with van der Waals surface area (Å²) in [6.07, 6.45) is 3.31. The largest absolute Gasteiger partial charge is 0.368 e. The van der Waals surface area contributed by atoms with Crippen LogP contribution in [0, 0.1) is 0 Å². The first-order chi connectivity index (χ1) is 11.8. The van der Waals surface area contributed by atoms with Crippen molar-refractivity contribution in [2.75, 3.05) is 11.9 Å². The predicted octanol–water partition coefficient (Wildman–Crippen LogP) is 3.23. The van der Waals surface area contributed by atoms with Gasteiger partial charge in [0.05, 0.1) is 15.7 Å². The lowest BCUT2D eigenvalue weighted by atomic mass is 9.97. The first-order valence-corrected chi connectivity index (χ1v) is 9.11. The first kappa shape index (κ1) is 19.8. The Morgan fingerprint density at radius 3 is 2.52 bits per heavy atom. The molecule has 1 heterocycles. The van der Waals surface area contributed by atoms with E-state index < -0.39 is 18.0 Å². The number of nitrogens with two attached hydrogens (primary N) is 1. The highest BCUT2D eigenvalue weighted by Gasteiger charge is 2.29. The zero-order valence-corrected chi connectivity index (χ0v) is 15.9. The summed E-state index contributed by atoms with van der Waals surface area (Å²) in [5, 5.41) is 5.81. The highest BCUT2D eigenvalue weighted by Crippen LogP contribution is 2.29. The summed E-state index contributed by atoms with van der Waals surface area (Å²) in [5.41, 5.74) is 5.86. The number of likely N-dealkylation sites (tertiary alicyclic amines) is 1. The van der Waals surface area contributed by atoms with Crippen LogP contribution < -0.4 is 16.4 Å². The Morgan fingerprint density at radius 2 is 1.92 bits per heavy atom. The van der Waals surface area contributed by atoms with Crippen LogP contribution in [0.2, 0.25) is 10.0 Å². The number of halogens is 2. The maximum Gasteiger partial charge on any atom is 0.319 e. The van der Waals surface area contributed by atoms with Crippen molar-refractivity contribution in [2.24, 2.45) is 5.73 Å². The van der Waals surface area contributed by atoms with Crippen molar-refractivity contribution in [2.45, 2.75) is 51.2 Å². The first-order valence-electron chi connectivity index (χ1n) is 8.36. The topological polar surface area (TPSA) is 87.5 Å². The molecule has 0 aliphatic carbocycles. The predicted molar refractivity (Wildman–Crippen MR) is 101 cm³/mol. The number of amides is 3. The molecule has 0 aromatic heterocycles. The molecule has 1 aromatic carbocycles. The number of piperidine rings is 1. The van der Waals surface area contributed by atoms with Crippen molar-refractivity contribution in [1.82, 2.24) is 10.2 Å². The molecule has 3 atom stereocenters. The quantitative estimate of drug-likeness (QED) is 0.725. The monoisotopic (exact) mass is 386 g/mol. The van der Waals surface area contributed by atoms with E-state index in [1.54, 1.807) is 18.2 Å². The average Bonchev–Trinajstić information content (AvgIpc) is 2.54. The number of nitrogens with one attached hydrogen (secondary N) is 2. The van der Waals surface area contributed by atoms with Gasteiger partial charge in [0, 0.05) is 18.6 Å². The number of nitrogens with zero attached hydrogens (tertiary/aromatic N) is 1. The lowest BCUT2D eigenvalue weighted by Gasteiger charge is -2.40. The fraction of sp³-hybridized carbons (Fsp3) is 0.529. The van der Waals surface area contributed by atoms with Crippen LogP contribution in [-0.4, -0.2) is 41.5 Å². The van der Waals surface area contributed by atoms with Crippen LogP contribution in [0.1, 0.15) is 33.1 Å². The van der Waals surface area contributed by atoms with E-state index >= 15 is 0 Å². The summed E-state index contributed by atoms with van der Waals surface area (Å²) in [7, 11) is 0. The Bertz CT molecular complexity index is 631. The van der Waals surface area contributed by atoms with Crippen LogP contribution in [0.25, 0.3) is 0 Å². The maximum atomic E-state index is 12.2. The second kappa shape index (κ2) is 8.74. The second-order valence-electron chi connectivity index (χ2n) is 6.48. The van der Waals surface area contributed by atoms with E-state index in [1.807, 2.05) is 0 Å². The van der Waals surface area contributed by atoms with Gasteiger partial charge in [0.1, 0.15) is 6.04 Å². The Balaban J connectivity index is 2.02. The fourth-order valence-corrected chi connectivity index (χ4v) is 3.52. The number of benzene rings is 1. The van der Waals surface area contributed by atoms with Crippen LogP contribution in [0.3, 0.4) is 0 Å². The van der Waals surface area contributed by atoms with Gasteiger partial charge in [0.2, 0.25) is 5.91 Å². The summed E-state index contributed by atoms with van der Waals surface area (Å²) in [6.45, 7) is 4.63. The van der Waals surface area contributed by atoms with Gasteiger partial charge in [0.25, 0.3) is 0 Å². The molecule has 25 heavy (non-hydrogen) atoms. The average molecular weight is 387 g/mol. The third-order valence-corrected chi connectivity index (χ3v) is 5.44. The fourth-order valence-electron chi connectivity index (χ4n) is 3.17. The summed E-state index contributed by atoms with van der Waals surface area (Å²) in [4.78, 5) is 26.3. The maximum absolute atomic E-state index is 12.2. The molecule has 3 amide bonds. The van der Waals surface area contributed by atoms with E-state index in [0.717, 1.165) is 12.8 Å². The second-order valence-corrected chi connectivity index (χ2v) is 7.27. The number of hydrogen-bond acceptors (Lipinski definition) is 3. The van der Waals surface area contributed by atoms with E-state index in [4.69, 9.17) is 28.9 Å². The van der Waals surface area contributed by atoms with E-state index in [1.165, 1.54) is 6.42 Å². The number of urea groups is 1. The van der Waals surface area contributed by atoms with Crippen LogP contribution in [0.15, 0.2) is 18.2 Å². The third kappa shape index (κ3) is 5.23. The molecule has 138 valence electrons. The summed E-state index contributed by atoms with van der Waals surface area (Å²) in [5.74, 6) is -0.572. The molecule has 0 radical (unpaired) electrons. The molecule has 8 heteroatoms. The van der Waals surface area contributed by atoms with E-state index in [-0.39, 0.29) is 5.02 Å². The van der Waals surface area contributed by atoms with Crippen LogP contribution in [0.4, 0.5) is 10.5 Å². The zero-order valence-electron chi connectivity index (χ0n) is 14.4. The molecule has 0 bridgehead atoms. The van der Waals surface area contributed by atoms with Gasteiger partial charge in [-0.05, 0) is 38.8 Å². The molecular weight excluding hydrogens is 363 g/mol. The Kier molecular flexibility index (Phi) is 6.93. The smallest absolute Gasteiger partial charge is 0.319 e. The van der Waals surface area contributed by atoms with Crippen molar-refractivity contribution < 1.29 is 9.59 Å². The number of carbonyl (C=O) groups excluding carboxylic acids is 2. The lowest BCUT2D eigenvalue weighted by Crippen LogP contribution is -2.56. The number of carbonyl (C=O) groups is 2. The van der Waals surface area contributed by atoms with Gasteiger partial charge < -0.3 is 16.4 Å². The molecule has 0 saturated carbocycles. The molecule has 1 fully saturated rings. The van der Waals surface area contributed by atoms with Gasteiger partial charge in [-0.25, -0.2) is 4.79 Å². The Labute approximate surface area is 158 Å². The molecule has 4 N–H and O–H groups in total. The highest BCUT2D eigenvalue weighted by molar-refractivity contribution is 6.43. The van der Waals surface area contributed by atoms with Gasteiger partial charge in [0.15, 0.2) is 0 Å². The molecule has 2 rings (SSSR count). The van der Waals surface area contributed by atoms with Crippen LogP contribution in [0.5, 0.6) is 0 Å². The minimum absolute atomic E-state index is 0.244. The number of anilines is 1. The lowest BCUT2D eigenvalue weighted by molar-refractivity contribution is -0.120. The van der Waals surface area contributed by atoms with Crippen LogP contribution >= 0.6 is 23.2 Å². The minimum atomic E-state index is -0.791. The molecule has 1 saturated heterocycles. The number of primary amides is 1. The standard InChI is InChI=1S/C17H24Cl2N4O2/c1-10-5-3-6-11(2)23(10)9-14(16(20)24)22-17(25)21-13-8-4-7-12(18)15(13)19/h4,7-8,10-11,14H,3,5-6,9H2,1-2H3,(H2,20,24)(H2,21,22,25)/t10-,11+,14-/m1/s1. The summed E-state index contributed by atoms with van der Waals surface area (Å²) < 4.78 is 0. The van der Waals surface area contributed by atoms with E-state index in [9.17, 15) is 9.59 Å². The van der Waals surface area contributed by atoms with Gasteiger partial charge in [-0.2, -0.15) is 0 Å². The molecule has 0 spiro atoms. The van der Waals surface area contributed by atoms with Crippen molar-refractivity contribution in [1.29, 1.82) is 0 Å². The van der Waals surface area contributed by atoms with E-state index in [0.29, 0.717) is 29.3 Å². The normalized spacial score (nSPS) is 22.2. The summed E-state index contributed by atoms with van der Waals surface area (Å²) >= 11 is 12.0. The molecule has 6 nitrogen and oxygen atoms in total. The van der Waals surface area contributed by atoms with Gasteiger partial charge in [-0.1, -0.05) is 35.7 Å². The zero-order chi connectivity index (χ0) is 18.6. The van der Waals surface area contributed by atoms with Crippen LogP contribution in [-0.2, 0) is 4.79 Å². The highest BCUT2D eigenvalue weighted by atomic mass is 35.5. The minimum Gasteiger partial charge on any atom is -0.368 e. The molecule has 1 aliphatic heterocycles. The molecule has 1 aromatic rings. The SMILES string of the molecule is C[C@@H]1CCC[C@H](C)N1C[C@@H](NC(=O)Nc1cccc(Cl)c1Cl)C(N)=O. The van der Waals surface area contributed by atoms with Crippen molar-refractivity contribution in [3.8, 4) is 0 Å². The van der Waals surface area contributed by atoms with E-state index in [2.05, 4.69) is 29.4 Å². The number of hydrogen-bond donors (Lipinski definition) is 3. The van der Waals surface area contributed by atoms with Crippen molar-refractivity contribution in [3.05, 3.63) is 28.2 Å². The Hall–Kier alpha value is -1.50. The van der Waals surface area contributed by atoms with Gasteiger partial charge >= 0.3 is 6.03 Å². The Morgan fingerprint density at radius 1 is 1.28 bits per heavy atom. The molecular formula is C17H24Cl2N4O2. The van der Waals surface area contributed by atoms with Gasteiger partial charge in [-0.15, -0.1) is 0 Å². The third-order valence-electron chi connectivity index (χ3n) is 4.62. The summed E-state index contributed by atoms with van der Waals surface area (Å²) in [6, 6.07) is 4.27. The number of rotatable bonds is 5. The molecule has 1 aliphatic rings. The van der Waals surface area contributed by atoms with Crippen molar-refractivity contribution >= 4 is 40.8 Å². The molecule has 0 unspecified atom stereocenters.